The molecule has 0 unspecified atom stereocenters. The Hall–Kier alpha value is -1.84. The van der Waals surface area contributed by atoms with Gasteiger partial charge in [-0.15, -0.1) is 0 Å². The maximum absolute atomic E-state index is 12.1. The van der Waals surface area contributed by atoms with Crippen molar-refractivity contribution in [3.05, 3.63) is 35.9 Å². The van der Waals surface area contributed by atoms with Crippen LogP contribution in [0.2, 0.25) is 0 Å². The Bertz CT molecular complexity index is 442. The molecule has 0 radical (unpaired) electrons. The zero-order chi connectivity index (χ0) is 13.1. The maximum Gasteiger partial charge on any atom is 0.417 e. The van der Waals surface area contributed by atoms with Crippen LogP contribution in [0.5, 0.6) is 0 Å². The van der Waals surface area contributed by atoms with Crippen LogP contribution in [-0.4, -0.2) is 23.5 Å². The standard InChI is InChI=1S/C14H17NO3/c1-10(2)8-13(16)15-12(9-18-14(15)17)11-6-4-3-5-7-11/h3-7,10,12H,8-9H2,1-2H3/t12-/m0/s1. The van der Waals surface area contributed by atoms with E-state index in [0.29, 0.717) is 6.42 Å². The Kier molecular flexibility index (Phi) is 3.65. The predicted octanol–water partition coefficient (Wildman–Crippen LogP) is 2.75. The molecule has 1 aromatic carbocycles. The third-order valence-corrected chi connectivity index (χ3v) is 2.91. The largest absolute Gasteiger partial charge is 0.446 e. The van der Waals surface area contributed by atoms with Gasteiger partial charge in [-0.2, -0.15) is 0 Å². The Morgan fingerprint density at radius 3 is 2.67 bits per heavy atom. The topological polar surface area (TPSA) is 46.6 Å². The van der Waals surface area contributed by atoms with Crippen LogP contribution in [0, 0.1) is 5.92 Å². The smallest absolute Gasteiger partial charge is 0.417 e. The van der Waals surface area contributed by atoms with E-state index >= 15 is 0 Å². The number of carbonyl (C=O) groups is 2. The fraction of sp³-hybridized carbons (Fsp3) is 0.429. The van der Waals surface area contributed by atoms with Gasteiger partial charge in [0, 0.05) is 6.42 Å². The van der Waals surface area contributed by atoms with Crippen molar-refractivity contribution in [1.29, 1.82) is 0 Å². The normalized spacial score (nSPS) is 19.2. The minimum absolute atomic E-state index is 0.165. The molecule has 0 spiro atoms. The van der Waals surface area contributed by atoms with E-state index in [1.54, 1.807) is 0 Å². The summed E-state index contributed by atoms with van der Waals surface area (Å²) in [6.07, 6.45) is -0.173. The molecule has 2 amide bonds. The van der Waals surface area contributed by atoms with Crippen LogP contribution in [0.4, 0.5) is 4.79 Å². The molecule has 4 nitrogen and oxygen atoms in total. The highest BCUT2D eigenvalue weighted by molar-refractivity contribution is 5.93. The molecule has 1 fully saturated rings. The summed E-state index contributed by atoms with van der Waals surface area (Å²) in [6.45, 7) is 4.15. The predicted molar refractivity (Wildman–Crippen MR) is 66.8 cm³/mol. The summed E-state index contributed by atoms with van der Waals surface area (Å²) >= 11 is 0. The van der Waals surface area contributed by atoms with Crippen molar-refractivity contribution in [2.24, 2.45) is 5.92 Å². The number of benzene rings is 1. The van der Waals surface area contributed by atoms with Crippen molar-refractivity contribution < 1.29 is 14.3 Å². The van der Waals surface area contributed by atoms with Gasteiger partial charge in [-0.25, -0.2) is 9.69 Å². The molecule has 0 N–H and O–H groups in total. The van der Waals surface area contributed by atoms with Crippen LogP contribution >= 0.6 is 0 Å². The third kappa shape index (κ3) is 2.53. The molecular formula is C14H17NO3. The summed E-state index contributed by atoms with van der Waals surface area (Å²) < 4.78 is 5.00. The number of imide groups is 1. The molecule has 1 aromatic rings. The zero-order valence-electron chi connectivity index (χ0n) is 10.6. The number of amides is 2. The third-order valence-electron chi connectivity index (χ3n) is 2.91. The van der Waals surface area contributed by atoms with Gasteiger partial charge in [0.2, 0.25) is 5.91 Å². The quantitative estimate of drug-likeness (QED) is 0.825. The maximum atomic E-state index is 12.1. The van der Waals surface area contributed by atoms with Gasteiger partial charge in [-0.3, -0.25) is 4.79 Å². The van der Waals surface area contributed by atoms with Crippen molar-refractivity contribution in [2.45, 2.75) is 26.3 Å². The van der Waals surface area contributed by atoms with Crippen LogP contribution in [-0.2, 0) is 9.53 Å². The first-order valence-electron chi connectivity index (χ1n) is 6.13. The molecule has 4 heteroatoms. The van der Waals surface area contributed by atoms with Gasteiger partial charge in [0.05, 0.1) is 0 Å². The monoisotopic (exact) mass is 247 g/mol. The number of hydrogen-bond donors (Lipinski definition) is 0. The lowest BCUT2D eigenvalue weighted by Crippen LogP contribution is -2.34. The Labute approximate surface area is 107 Å². The molecule has 2 rings (SSSR count). The molecular weight excluding hydrogens is 230 g/mol. The van der Waals surface area contributed by atoms with Crippen molar-refractivity contribution in [3.63, 3.8) is 0 Å². The van der Waals surface area contributed by atoms with Crippen molar-refractivity contribution in [2.75, 3.05) is 6.61 Å². The lowest BCUT2D eigenvalue weighted by molar-refractivity contribution is -0.130. The molecule has 0 saturated carbocycles. The van der Waals surface area contributed by atoms with Crippen LogP contribution in [0.25, 0.3) is 0 Å². The average molecular weight is 247 g/mol. The zero-order valence-corrected chi connectivity index (χ0v) is 10.6. The number of cyclic esters (lactones) is 1. The van der Waals surface area contributed by atoms with Crippen molar-refractivity contribution in [3.8, 4) is 0 Å². The van der Waals surface area contributed by atoms with E-state index < -0.39 is 6.09 Å². The summed E-state index contributed by atoms with van der Waals surface area (Å²) in [5, 5.41) is 0. The Morgan fingerprint density at radius 2 is 2.06 bits per heavy atom. The van der Waals surface area contributed by atoms with Crippen LogP contribution in [0.1, 0.15) is 31.9 Å². The van der Waals surface area contributed by atoms with E-state index in [1.807, 2.05) is 44.2 Å². The van der Waals surface area contributed by atoms with Crippen molar-refractivity contribution >= 4 is 12.0 Å². The SMILES string of the molecule is CC(C)CC(=O)N1C(=O)OC[C@H]1c1ccccc1. The van der Waals surface area contributed by atoms with E-state index in [9.17, 15) is 9.59 Å². The van der Waals surface area contributed by atoms with Crippen LogP contribution in [0.15, 0.2) is 30.3 Å². The fourth-order valence-corrected chi connectivity index (χ4v) is 2.07. The molecule has 1 heterocycles. The summed E-state index contributed by atoms with van der Waals surface area (Å²) in [7, 11) is 0. The first kappa shape index (κ1) is 12.6. The van der Waals surface area contributed by atoms with Gasteiger partial charge >= 0.3 is 6.09 Å². The highest BCUT2D eigenvalue weighted by Gasteiger charge is 2.38. The summed E-state index contributed by atoms with van der Waals surface area (Å²) in [4.78, 5) is 25.0. The van der Waals surface area contributed by atoms with Gasteiger partial charge in [0.25, 0.3) is 0 Å². The first-order valence-corrected chi connectivity index (χ1v) is 6.13. The van der Waals surface area contributed by atoms with Gasteiger partial charge in [-0.1, -0.05) is 44.2 Å². The first-order chi connectivity index (χ1) is 8.59. The summed E-state index contributed by atoms with van der Waals surface area (Å²) in [5.41, 5.74) is 0.931. The molecule has 0 aromatic heterocycles. The van der Waals surface area contributed by atoms with Crippen molar-refractivity contribution in [1.82, 2.24) is 4.90 Å². The lowest BCUT2D eigenvalue weighted by atomic mass is 10.1. The minimum atomic E-state index is -0.533. The van der Waals surface area contributed by atoms with Crippen LogP contribution in [0.3, 0.4) is 0 Å². The number of ether oxygens (including phenoxy) is 1. The highest BCUT2D eigenvalue weighted by Crippen LogP contribution is 2.28. The molecule has 0 aliphatic carbocycles. The molecule has 1 aliphatic heterocycles. The fourth-order valence-electron chi connectivity index (χ4n) is 2.07. The highest BCUT2D eigenvalue weighted by atomic mass is 16.6. The summed E-state index contributed by atoms with van der Waals surface area (Å²) in [5.74, 6) is 0.0590. The van der Waals surface area contributed by atoms with Crippen LogP contribution < -0.4 is 0 Å². The number of hydrogen-bond acceptors (Lipinski definition) is 3. The molecule has 96 valence electrons. The molecule has 1 atom stereocenters. The second-order valence-electron chi connectivity index (χ2n) is 4.87. The summed E-state index contributed by atoms with van der Waals surface area (Å²) in [6, 6.07) is 9.21. The van der Waals surface area contributed by atoms with E-state index in [4.69, 9.17) is 4.74 Å². The molecule has 1 aliphatic rings. The minimum Gasteiger partial charge on any atom is -0.446 e. The average Bonchev–Trinajstić information content (AvgIpc) is 2.71. The number of carbonyl (C=O) groups excluding carboxylic acids is 2. The number of rotatable bonds is 3. The van der Waals surface area contributed by atoms with E-state index in [2.05, 4.69) is 0 Å². The van der Waals surface area contributed by atoms with Gasteiger partial charge < -0.3 is 4.74 Å². The van der Waals surface area contributed by atoms with E-state index in [-0.39, 0.29) is 24.5 Å². The van der Waals surface area contributed by atoms with E-state index in [1.165, 1.54) is 4.90 Å². The Morgan fingerprint density at radius 1 is 1.39 bits per heavy atom. The second kappa shape index (κ2) is 5.21. The second-order valence-corrected chi connectivity index (χ2v) is 4.87. The molecule has 18 heavy (non-hydrogen) atoms. The lowest BCUT2D eigenvalue weighted by Gasteiger charge is -2.20. The molecule has 0 bridgehead atoms. The van der Waals surface area contributed by atoms with E-state index in [0.717, 1.165) is 5.56 Å². The van der Waals surface area contributed by atoms with Gasteiger partial charge in [0.15, 0.2) is 0 Å². The van der Waals surface area contributed by atoms with Gasteiger partial charge in [-0.05, 0) is 11.5 Å². The molecule has 1 saturated heterocycles. The van der Waals surface area contributed by atoms with Gasteiger partial charge in [0.1, 0.15) is 12.6 Å². The Balaban J connectivity index is 2.20. The number of nitrogens with zero attached hydrogens (tertiary/aromatic N) is 1.